The molecule has 5 heteroatoms. The maximum Gasteiger partial charge on any atom is 0.191 e. The summed E-state index contributed by atoms with van der Waals surface area (Å²) in [6.07, 6.45) is 0. The van der Waals surface area contributed by atoms with Gasteiger partial charge in [-0.05, 0) is 31.5 Å². The first-order valence-electron chi connectivity index (χ1n) is 6.73. The second-order valence-electron chi connectivity index (χ2n) is 4.78. The van der Waals surface area contributed by atoms with Gasteiger partial charge in [0, 0.05) is 23.3 Å². The van der Waals surface area contributed by atoms with Crippen molar-refractivity contribution in [3.05, 3.63) is 57.3 Å². The fraction of sp³-hybridized carbons (Fsp3) is 0.312. The Morgan fingerprint density at radius 3 is 2.48 bits per heavy atom. The van der Waals surface area contributed by atoms with Crippen LogP contribution in [0, 0.1) is 13.8 Å². The largest absolute Gasteiger partial charge is 0.352 e. The molecule has 0 spiro atoms. The van der Waals surface area contributed by atoms with Gasteiger partial charge in [-0.1, -0.05) is 29.8 Å². The molecule has 0 aliphatic heterocycles. The predicted molar refractivity (Wildman–Crippen MR) is 103 cm³/mol. The van der Waals surface area contributed by atoms with Gasteiger partial charge in [0.25, 0.3) is 0 Å². The van der Waals surface area contributed by atoms with Crippen molar-refractivity contribution in [1.29, 1.82) is 0 Å². The lowest BCUT2D eigenvalue weighted by Crippen LogP contribution is -2.36. The highest BCUT2D eigenvalue weighted by Gasteiger charge is 2.00. The molecule has 2 aromatic rings. The number of rotatable bonds is 4. The molecule has 0 aliphatic rings. The predicted octanol–water partition coefficient (Wildman–Crippen LogP) is 3.85. The van der Waals surface area contributed by atoms with Crippen molar-refractivity contribution in [3.8, 4) is 0 Å². The third kappa shape index (κ3) is 6.05. The summed E-state index contributed by atoms with van der Waals surface area (Å²) in [5, 5.41) is 6.67. The monoisotopic (exact) mass is 415 g/mol. The number of nitrogens with zero attached hydrogens (tertiary/aromatic N) is 1. The van der Waals surface area contributed by atoms with Crippen LogP contribution >= 0.6 is 35.3 Å². The average molecular weight is 415 g/mol. The molecule has 1 aromatic carbocycles. The minimum Gasteiger partial charge on any atom is -0.352 e. The van der Waals surface area contributed by atoms with Crippen molar-refractivity contribution in [2.45, 2.75) is 26.9 Å². The fourth-order valence-electron chi connectivity index (χ4n) is 1.98. The summed E-state index contributed by atoms with van der Waals surface area (Å²) in [5.41, 5.74) is 2.54. The first-order chi connectivity index (χ1) is 9.67. The van der Waals surface area contributed by atoms with E-state index >= 15 is 0 Å². The lowest BCUT2D eigenvalue weighted by molar-refractivity contribution is 0.815. The zero-order valence-corrected chi connectivity index (χ0v) is 15.8. The van der Waals surface area contributed by atoms with Crippen LogP contribution in [-0.4, -0.2) is 13.0 Å². The quantitative estimate of drug-likeness (QED) is 0.452. The Labute approximate surface area is 147 Å². The first kappa shape index (κ1) is 18.0. The van der Waals surface area contributed by atoms with Crippen molar-refractivity contribution in [3.63, 3.8) is 0 Å². The summed E-state index contributed by atoms with van der Waals surface area (Å²) in [6.45, 7) is 5.82. The smallest absolute Gasteiger partial charge is 0.191 e. The van der Waals surface area contributed by atoms with E-state index in [1.165, 1.54) is 20.9 Å². The van der Waals surface area contributed by atoms with Crippen molar-refractivity contribution in [2.24, 2.45) is 4.99 Å². The number of thiophene rings is 1. The van der Waals surface area contributed by atoms with E-state index in [9.17, 15) is 0 Å². The van der Waals surface area contributed by atoms with Gasteiger partial charge in [0.15, 0.2) is 5.96 Å². The molecule has 1 heterocycles. The Morgan fingerprint density at radius 2 is 1.86 bits per heavy atom. The van der Waals surface area contributed by atoms with Crippen molar-refractivity contribution >= 4 is 41.3 Å². The topological polar surface area (TPSA) is 36.4 Å². The number of aryl methyl sites for hydroxylation is 2. The SMILES string of the molecule is CN=C(NCc1cccc(C)c1)NCc1ccc(C)s1.I. The zero-order chi connectivity index (χ0) is 14.4. The summed E-state index contributed by atoms with van der Waals surface area (Å²) >= 11 is 1.81. The van der Waals surface area contributed by atoms with Crippen LogP contribution in [0.5, 0.6) is 0 Å². The Bertz CT molecular complexity index is 593. The van der Waals surface area contributed by atoms with E-state index in [1.54, 1.807) is 7.05 Å². The minimum absolute atomic E-state index is 0. The molecule has 0 amide bonds. The summed E-state index contributed by atoms with van der Waals surface area (Å²) < 4.78 is 0. The second kappa shape index (κ2) is 9.04. The van der Waals surface area contributed by atoms with Crippen LogP contribution in [0.1, 0.15) is 20.9 Å². The Balaban J connectivity index is 0.00000220. The summed E-state index contributed by atoms with van der Waals surface area (Å²) in [6, 6.07) is 12.8. The number of hydrogen-bond donors (Lipinski definition) is 2. The molecular formula is C16H22IN3S. The summed E-state index contributed by atoms with van der Waals surface area (Å²) in [5.74, 6) is 0.831. The maximum atomic E-state index is 4.25. The van der Waals surface area contributed by atoms with Crippen LogP contribution in [0.4, 0.5) is 0 Å². The van der Waals surface area contributed by atoms with Gasteiger partial charge >= 0.3 is 0 Å². The number of nitrogens with one attached hydrogen (secondary N) is 2. The van der Waals surface area contributed by atoms with E-state index in [0.29, 0.717) is 0 Å². The molecule has 0 saturated carbocycles. The minimum atomic E-state index is 0. The molecule has 2 rings (SSSR count). The van der Waals surface area contributed by atoms with Crippen LogP contribution in [0.2, 0.25) is 0 Å². The normalized spacial score (nSPS) is 10.9. The molecule has 0 radical (unpaired) electrons. The van der Waals surface area contributed by atoms with Gasteiger partial charge < -0.3 is 10.6 Å². The molecule has 0 saturated heterocycles. The lowest BCUT2D eigenvalue weighted by Gasteiger charge is -2.11. The molecule has 0 fully saturated rings. The van der Waals surface area contributed by atoms with E-state index < -0.39 is 0 Å². The van der Waals surface area contributed by atoms with Gasteiger partial charge in [-0.2, -0.15) is 0 Å². The number of hydrogen-bond acceptors (Lipinski definition) is 2. The van der Waals surface area contributed by atoms with E-state index in [2.05, 4.69) is 65.9 Å². The lowest BCUT2D eigenvalue weighted by atomic mass is 10.1. The highest BCUT2D eigenvalue weighted by atomic mass is 127. The molecule has 0 atom stereocenters. The van der Waals surface area contributed by atoms with Gasteiger partial charge in [0.1, 0.15) is 0 Å². The van der Waals surface area contributed by atoms with Crippen LogP contribution in [0.3, 0.4) is 0 Å². The van der Waals surface area contributed by atoms with E-state index in [-0.39, 0.29) is 24.0 Å². The summed E-state index contributed by atoms with van der Waals surface area (Å²) in [7, 11) is 1.80. The average Bonchev–Trinajstić information content (AvgIpc) is 2.85. The third-order valence-corrected chi connectivity index (χ3v) is 3.99. The fourth-order valence-corrected chi connectivity index (χ4v) is 2.81. The van der Waals surface area contributed by atoms with Crippen molar-refractivity contribution < 1.29 is 0 Å². The molecule has 21 heavy (non-hydrogen) atoms. The van der Waals surface area contributed by atoms with E-state index in [4.69, 9.17) is 0 Å². The third-order valence-electron chi connectivity index (χ3n) is 2.99. The van der Waals surface area contributed by atoms with Gasteiger partial charge in [-0.25, -0.2) is 0 Å². The molecule has 0 bridgehead atoms. The van der Waals surface area contributed by atoms with Gasteiger partial charge in [0.2, 0.25) is 0 Å². The van der Waals surface area contributed by atoms with Crippen molar-refractivity contribution in [2.75, 3.05) is 7.05 Å². The zero-order valence-electron chi connectivity index (χ0n) is 12.6. The molecule has 0 aliphatic carbocycles. The molecular weight excluding hydrogens is 393 g/mol. The molecule has 2 N–H and O–H groups in total. The van der Waals surface area contributed by atoms with E-state index in [0.717, 1.165) is 19.0 Å². The van der Waals surface area contributed by atoms with Crippen LogP contribution in [-0.2, 0) is 13.1 Å². The molecule has 0 unspecified atom stereocenters. The Hall–Kier alpha value is -1.08. The van der Waals surface area contributed by atoms with Gasteiger partial charge in [0.05, 0.1) is 6.54 Å². The van der Waals surface area contributed by atoms with Gasteiger partial charge in [-0.3, -0.25) is 4.99 Å². The molecule has 1 aromatic heterocycles. The van der Waals surface area contributed by atoms with Crippen LogP contribution < -0.4 is 10.6 Å². The maximum absolute atomic E-state index is 4.25. The Morgan fingerprint density at radius 1 is 1.10 bits per heavy atom. The highest BCUT2D eigenvalue weighted by Crippen LogP contribution is 2.14. The molecule has 114 valence electrons. The standard InChI is InChI=1S/C16H21N3S.HI/c1-12-5-4-6-14(9-12)10-18-16(17-3)19-11-15-8-7-13(2)20-15;/h4-9H,10-11H2,1-3H3,(H2,17,18,19);1H. The number of guanidine groups is 1. The number of halogens is 1. The first-order valence-corrected chi connectivity index (χ1v) is 7.54. The Kier molecular flexibility index (Phi) is 7.74. The highest BCUT2D eigenvalue weighted by molar-refractivity contribution is 14.0. The second-order valence-corrected chi connectivity index (χ2v) is 6.15. The number of benzene rings is 1. The van der Waals surface area contributed by atoms with Gasteiger partial charge in [-0.15, -0.1) is 35.3 Å². The van der Waals surface area contributed by atoms with E-state index in [1.807, 2.05) is 11.3 Å². The van der Waals surface area contributed by atoms with Crippen LogP contribution in [0.25, 0.3) is 0 Å². The van der Waals surface area contributed by atoms with Crippen LogP contribution in [0.15, 0.2) is 41.4 Å². The van der Waals surface area contributed by atoms with Crippen molar-refractivity contribution in [1.82, 2.24) is 10.6 Å². The number of aliphatic imine (C=N–C) groups is 1. The molecule has 3 nitrogen and oxygen atoms in total. The summed E-state index contributed by atoms with van der Waals surface area (Å²) in [4.78, 5) is 6.90.